The van der Waals surface area contributed by atoms with Crippen LogP contribution in [0.25, 0.3) is 11.0 Å². The molecule has 1 unspecified atom stereocenters. The number of fused-ring (bicyclic) bond motifs is 1. The summed E-state index contributed by atoms with van der Waals surface area (Å²) in [6.45, 7) is 7.99. The number of rotatable bonds is 5. The molecule has 0 aliphatic rings. The Morgan fingerprint density at radius 3 is 2.58 bits per heavy atom. The Bertz CT molecular complexity index is 1240. The van der Waals surface area contributed by atoms with Crippen molar-refractivity contribution >= 4 is 16.9 Å². The molecule has 6 nitrogen and oxygen atoms in total. The lowest BCUT2D eigenvalue weighted by Gasteiger charge is -2.17. The molecule has 1 aromatic carbocycles. The molecule has 6 heteroatoms. The van der Waals surface area contributed by atoms with Crippen LogP contribution in [0.5, 0.6) is 5.88 Å². The third-order valence-corrected chi connectivity index (χ3v) is 5.78. The van der Waals surface area contributed by atoms with Crippen LogP contribution in [-0.2, 0) is 6.54 Å². The van der Waals surface area contributed by atoms with E-state index in [1.54, 1.807) is 6.20 Å². The summed E-state index contributed by atoms with van der Waals surface area (Å²) in [5.74, 6) is -0.245. The van der Waals surface area contributed by atoms with Gasteiger partial charge in [-0.1, -0.05) is 30.3 Å². The van der Waals surface area contributed by atoms with Gasteiger partial charge in [-0.3, -0.25) is 4.79 Å². The highest BCUT2D eigenvalue weighted by Gasteiger charge is 2.24. The number of pyridine rings is 2. The Hall–Kier alpha value is -3.67. The number of nitrogens with zero attached hydrogens (tertiary/aromatic N) is 3. The molecule has 0 fully saturated rings. The van der Waals surface area contributed by atoms with Gasteiger partial charge in [-0.15, -0.1) is 0 Å². The fourth-order valence-electron chi connectivity index (χ4n) is 4.22. The van der Waals surface area contributed by atoms with Crippen LogP contribution >= 0.6 is 0 Å². The normalized spacial score (nSPS) is 12.1. The first kappa shape index (κ1) is 20.6. The van der Waals surface area contributed by atoms with Crippen LogP contribution in [0.4, 0.5) is 0 Å². The van der Waals surface area contributed by atoms with Crippen LogP contribution in [0.3, 0.4) is 0 Å². The number of hydrogen-bond acceptors (Lipinski definition) is 4. The summed E-state index contributed by atoms with van der Waals surface area (Å²) in [7, 11) is 0. The highest BCUT2D eigenvalue weighted by atomic mass is 16.3. The van der Waals surface area contributed by atoms with Crippen LogP contribution in [0, 0.1) is 20.8 Å². The van der Waals surface area contributed by atoms with E-state index in [2.05, 4.69) is 38.9 Å². The number of aromatic hydroxyl groups is 1. The van der Waals surface area contributed by atoms with Gasteiger partial charge in [-0.25, -0.2) is 9.97 Å². The first-order chi connectivity index (χ1) is 14.9. The maximum absolute atomic E-state index is 13.3. The molecular weight excluding hydrogens is 388 g/mol. The average molecular weight is 415 g/mol. The van der Waals surface area contributed by atoms with Crippen LogP contribution in [-0.4, -0.2) is 25.5 Å². The van der Waals surface area contributed by atoms with E-state index < -0.39 is 0 Å². The average Bonchev–Trinajstić information content (AvgIpc) is 3.04. The SMILES string of the molecule is Cc1cc(C)c(CNC(=O)c2c(C)n(C(C)c3ccccc3)c3ncccc23)c(O)n1. The summed E-state index contributed by atoms with van der Waals surface area (Å²) in [5, 5.41) is 14.0. The molecule has 2 N–H and O–H groups in total. The number of aryl methyl sites for hydroxylation is 2. The Morgan fingerprint density at radius 2 is 1.87 bits per heavy atom. The summed E-state index contributed by atoms with van der Waals surface area (Å²) in [6.07, 6.45) is 1.75. The molecule has 1 amide bonds. The van der Waals surface area contributed by atoms with Gasteiger partial charge in [0.25, 0.3) is 5.91 Å². The van der Waals surface area contributed by atoms with Crippen molar-refractivity contribution in [3.63, 3.8) is 0 Å². The van der Waals surface area contributed by atoms with Gasteiger partial charge in [0.1, 0.15) is 5.65 Å². The second-order valence-electron chi connectivity index (χ2n) is 7.86. The molecule has 0 saturated carbocycles. The van der Waals surface area contributed by atoms with Crippen LogP contribution in [0.15, 0.2) is 54.7 Å². The van der Waals surface area contributed by atoms with Gasteiger partial charge in [-0.2, -0.15) is 0 Å². The van der Waals surface area contributed by atoms with Gasteiger partial charge in [0.15, 0.2) is 0 Å². The first-order valence-corrected chi connectivity index (χ1v) is 10.3. The van der Waals surface area contributed by atoms with E-state index in [0.717, 1.165) is 33.5 Å². The maximum Gasteiger partial charge on any atom is 0.254 e. The zero-order chi connectivity index (χ0) is 22.1. The second-order valence-corrected chi connectivity index (χ2v) is 7.86. The van der Waals surface area contributed by atoms with Crippen molar-refractivity contribution in [2.75, 3.05) is 0 Å². The van der Waals surface area contributed by atoms with Crippen molar-refractivity contribution in [1.29, 1.82) is 0 Å². The highest BCUT2D eigenvalue weighted by Crippen LogP contribution is 2.31. The lowest BCUT2D eigenvalue weighted by atomic mass is 10.1. The van der Waals surface area contributed by atoms with Crippen LogP contribution in [0.2, 0.25) is 0 Å². The molecule has 0 aliphatic carbocycles. The van der Waals surface area contributed by atoms with Crippen molar-refractivity contribution in [2.24, 2.45) is 0 Å². The number of benzene rings is 1. The smallest absolute Gasteiger partial charge is 0.254 e. The predicted octanol–water partition coefficient (Wildman–Crippen LogP) is 4.60. The van der Waals surface area contributed by atoms with Crippen molar-refractivity contribution in [3.8, 4) is 5.88 Å². The standard InChI is InChI=1S/C25H26N4O2/c1-15-13-16(2)28-24(30)21(15)14-27-25(31)22-18(4)29(23-20(22)11-8-12-26-23)17(3)19-9-6-5-7-10-19/h5-13,17H,14H2,1-4H3,(H,27,31)(H,28,30). The van der Waals surface area contributed by atoms with Gasteiger partial charge >= 0.3 is 0 Å². The fourth-order valence-corrected chi connectivity index (χ4v) is 4.22. The lowest BCUT2D eigenvalue weighted by molar-refractivity contribution is 0.0951. The topological polar surface area (TPSA) is 80.0 Å². The quantitative estimate of drug-likeness (QED) is 0.500. The molecule has 158 valence electrons. The molecule has 0 saturated heterocycles. The van der Waals surface area contributed by atoms with Gasteiger partial charge in [0.05, 0.1) is 11.6 Å². The summed E-state index contributed by atoms with van der Waals surface area (Å²) >= 11 is 0. The molecule has 3 heterocycles. The van der Waals surface area contributed by atoms with Crippen molar-refractivity contribution in [3.05, 3.63) is 88.4 Å². The van der Waals surface area contributed by atoms with E-state index in [0.29, 0.717) is 11.1 Å². The third-order valence-electron chi connectivity index (χ3n) is 5.78. The largest absolute Gasteiger partial charge is 0.493 e. The zero-order valence-corrected chi connectivity index (χ0v) is 18.2. The Kier molecular flexibility index (Phi) is 5.46. The fraction of sp³-hybridized carbons (Fsp3) is 0.240. The molecule has 4 rings (SSSR count). The molecular formula is C25H26N4O2. The van der Waals surface area contributed by atoms with Crippen molar-refractivity contribution in [2.45, 2.75) is 40.3 Å². The number of amides is 1. The number of hydrogen-bond donors (Lipinski definition) is 2. The maximum atomic E-state index is 13.3. The molecule has 0 spiro atoms. The predicted molar refractivity (Wildman–Crippen MR) is 121 cm³/mol. The third kappa shape index (κ3) is 3.77. The minimum Gasteiger partial charge on any atom is -0.493 e. The van der Waals surface area contributed by atoms with E-state index in [4.69, 9.17) is 0 Å². The monoisotopic (exact) mass is 414 g/mol. The highest BCUT2D eigenvalue weighted by molar-refractivity contribution is 6.07. The number of nitrogens with one attached hydrogen (secondary N) is 1. The van der Waals surface area contributed by atoms with Gasteiger partial charge in [0, 0.05) is 35.1 Å². The summed E-state index contributed by atoms with van der Waals surface area (Å²) in [5.41, 5.74) is 5.63. The molecule has 0 aliphatic heterocycles. The van der Waals surface area contributed by atoms with E-state index >= 15 is 0 Å². The molecule has 3 aromatic heterocycles. The Balaban J connectivity index is 1.71. The Morgan fingerprint density at radius 1 is 1.13 bits per heavy atom. The van der Waals surface area contributed by atoms with E-state index in [9.17, 15) is 9.90 Å². The van der Waals surface area contributed by atoms with Crippen LogP contribution in [0.1, 0.15) is 51.4 Å². The van der Waals surface area contributed by atoms with Gasteiger partial charge in [-0.05, 0) is 57.0 Å². The molecule has 0 bridgehead atoms. The zero-order valence-electron chi connectivity index (χ0n) is 18.2. The van der Waals surface area contributed by atoms with Gasteiger partial charge < -0.3 is 15.0 Å². The summed E-state index contributed by atoms with van der Waals surface area (Å²) in [6, 6.07) is 15.9. The lowest BCUT2D eigenvalue weighted by Crippen LogP contribution is -2.24. The van der Waals surface area contributed by atoms with Crippen molar-refractivity contribution in [1.82, 2.24) is 19.9 Å². The molecule has 4 aromatic rings. The van der Waals surface area contributed by atoms with E-state index in [1.807, 2.05) is 57.2 Å². The summed E-state index contributed by atoms with van der Waals surface area (Å²) in [4.78, 5) is 21.9. The minimum absolute atomic E-state index is 0.0211. The van der Waals surface area contributed by atoms with Crippen LogP contribution < -0.4 is 5.32 Å². The number of aromatic nitrogens is 3. The minimum atomic E-state index is -0.200. The molecule has 31 heavy (non-hydrogen) atoms. The molecule has 0 radical (unpaired) electrons. The van der Waals surface area contributed by atoms with Crippen molar-refractivity contribution < 1.29 is 9.90 Å². The number of carbonyl (C=O) groups is 1. The first-order valence-electron chi connectivity index (χ1n) is 10.3. The van der Waals surface area contributed by atoms with E-state index in [1.165, 1.54) is 0 Å². The number of carbonyl (C=O) groups excluding carboxylic acids is 1. The summed E-state index contributed by atoms with van der Waals surface area (Å²) < 4.78 is 2.11. The Labute approximate surface area is 181 Å². The van der Waals surface area contributed by atoms with Gasteiger partial charge in [0.2, 0.25) is 5.88 Å². The second kappa shape index (κ2) is 8.22. The molecule has 1 atom stereocenters. The van der Waals surface area contributed by atoms with E-state index in [-0.39, 0.29) is 24.4 Å².